The third-order valence-electron chi connectivity index (χ3n) is 6.10. The number of nitrogens with one attached hydrogen (secondary N) is 1. The Kier molecular flexibility index (Phi) is 9.10. The number of sulfonamides is 1. The van der Waals surface area contributed by atoms with Gasteiger partial charge in [-0.25, -0.2) is 13.4 Å². The first-order valence-corrected chi connectivity index (χ1v) is 14.2. The molecule has 0 atom stereocenters. The third-order valence-corrected chi connectivity index (χ3v) is 9.18. The number of nitrogens with zero attached hydrogens (tertiary/aromatic N) is 7. The van der Waals surface area contributed by atoms with Crippen LogP contribution < -0.4 is 5.43 Å². The molecule has 4 rings (SSSR count). The number of benzene rings is 2. The Morgan fingerprint density at radius 2 is 1.88 bits per heavy atom. The Morgan fingerprint density at radius 3 is 2.50 bits per heavy atom. The molecule has 3 aromatic rings. The molecular weight excluding hydrogens is 564 g/mol. The van der Waals surface area contributed by atoms with Gasteiger partial charge in [-0.05, 0) is 23.9 Å². The second-order valence-corrected chi connectivity index (χ2v) is 11.6. The third kappa shape index (κ3) is 6.62. The van der Waals surface area contributed by atoms with Crippen LogP contribution in [0.3, 0.4) is 0 Å². The lowest BCUT2D eigenvalue weighted by Gasteiger charge is -2.33. The zero-order chi connectivity index (χ0) is 28.9. The fourth-order valence-corrected chi connectivity index (χ4v) is 6.45. The van der Waals surface area contributed by atoms with Gasteiger partial charge in [0.05, 0.1) is 33.3 Å². The monoisotopic (exact) mass is 590 g/mol. The average Bonchev–Trinajstić information content (AvgIpc) is 3.33. The van der Waals surface area contributed by atoms with Crippen LogP contribution in [0.2, 0.25) is 0 Å². The van der Waals surface area contributed by atoms with Gasteiger partial charge < -0.3 is 9.67 Å². The van der Waals surface area contributed by atoms with Crippen LogP contribution in [0.15, 0.2) is 68.8 Å². The number of aryl methyl sites for hydroxylation is 1. The largest absolute Gasteiger partial charge is 0.395 e. The van der Waals surface area contributed by atoms with E-state index < -0.39 is 25.6 Å². The first-order valence-electron chi connectivity index (χ1n) is 11.9. The van der Waals surface area contributed by atoms with Crippen LogP contribution in [-0.2, 0) is 17.1 Å². The van der Waals surface area contributed by atoms with Crippen LogP contribution in [0, 0.1) is 20.2 Å². The van der Waals surface area contributed by atoms with E-state index in [9.17, 15) is 28.6 Å². The summed E-state index contributed by atoms with van der Waals surface area (Å²) in [5, 5.41) is 36.8. The number of non-ortho nitro benzene ring substituents is 1. The van der Waals surface area contributed by atoms with Gasteiger partial charge in [0, 0.05) is 75.9 Å². The van der Waals surface area contributed by atoms with Crippen LogP contribution >= 0.6 is 11.8 Å². The number of imidazole rings is 1. The van der Waals surface area contributed by atoms with Crippen LogP contribution in [0.5, 0.6) is 0 Å². The maximum Gasteiger partial charge on any atom is 0.283 e. The summed E-state index contributed by atoms with van der Waals surface area (Å²) in [6, 6.07) is 7.89. The number of nitro groups is 2. The fourth-order valence-electron chi connectivity index (χ4n) is 3.97. The van der Waals surface area contributed by atoms with Gasteiger partial charge in [-0.2, -0.15) is 9.41 Å². The van der Waals surface area contributed by atoms with Crippen molar-refractivity contribution in [1.29, 1.82) is 0 Å². The lowest BCUT2D eigenvalue weighted by atomic mass is 10.2. The molecule has 15 nitrogen and oxygen atoms in total. The molecule has 2 heterocycles. The van der Waals surface area contributed by atoms with Crippen molar-refractivity contribution >= 4 is 45.1 Å². The topological polar surface area (TPSA) is 189 Å². The molecule has 0 amide bonds. The van der Waals surface area contributed by atoms with Gasteiger partial charge in [0.1, 0.15) is 4.90 Å². The van der Waals surface area contributed by atoms with E-state index in [0.29, 0.717) is 35.2 Å². The van der Waals surface area contributed by atoms with E-state index in [0.717, 1.165) is 23.9 Å². The molecule has 212 valence electrons. The summed E-state index contributed by atoms with van der Waals surface area (Å²) in [6.45, 7) is 1.50. The van der Waals surface area contributed by atoms with E-state index in [1.807, 2.05) is 4.90 Å². The second-order valence-electron chi connectivity index (χ2n) is 8.68. The maximum atomic E-state index is 13.5. The van der Waals surface area contributed by atoms with Crippen molar-refractivity contribution in [1.82, 2.24) is 18.8 Å². The highest BCUT2D eigenvalue weighted by Gasteiger charge is 2.31. The minimum atomic E-state index is -4.13. The van der Waals surface area contributed by atoms with E-state index in [4.69, 9.17) is 5.11 Å². The molecule has 1 fully saturated rings. The summed E-state index contributed by atoms with van der Waals surface area (Å²) < 4.78 is 29.9. The molecule has 0 spiro atoms. The summed E-state index contributed by atoms with van der Waals surface area (Å²) in [4.78, 5) is 28.0. The van der Waals surface area contributed by atoms with Crippen LogP contribution in [0.25, 0.3) is 0 Å². The molecule has 40 heavy (non-hydrogen) atoms. The molecule has 0 saturated carbocycles. The number of aliphatic hydroxyl groups is 1. The Balaban J connectivity index is 1.57. The number of aliphatic hydroxyl groups excluding tert-OH is 1. The first kappa shape index (κ1) is 29.1. The van der Waals surface area contributed by atoms with Gasteiger partial charge in [0.15, 0.2) is 5.16 Å². The maximum absolute atomic E-state index is 13.5. The van der Waals surface area contributed by atoms with Gasteiger partial charge in [0.25, 0.3) is 11.4 Å². The molecule has 1 aliphatic rings. The number of anilines is 1. The quantitative estimate of drug-likeness (QED) is 0.189. The van der Waals surface area contributed by atoms with Gasteiger partial charge >= 0.3 is 0 Å². The molecule has 0 aliphatic carbocycles. The Bertz CT molecular complexity index is 1540. The number of nitro benzene ring substituents is 2. The van der Waals surface area contributed by atoms with Crippen LogP contribution in [-0.4, -0.2) is 87.7 Å². The number of β-amino-alcohol motifs (C(OH)–C–C–N with tert-alkyl or cyclic N) is 1. The summed E-state index contributed by atoms with van der Waals surface area (Å²) in [5.41, 5.74) is 2.44. The SMILES string of the molecule is Cn1ccnc1Sc1ccc(/C=N\Nc2ccc([N+](=O)[O-])cc2S(=O)(=O)N2CCN(CCO)CC2)cc1[N+](=O)[O-]. The van der Waals surface area contributed by atoms with Crippen molar-refractivity contribution in [2.75, 3.05) is 44.8 Å². The lowest BCUT2D eigenvalue weighted by Crippen LogP contribution is -2.49. The number of piperazine rings is 1. The Labute approximate surface area is 233 Å². The predicted octanol–water partition coefficient (Wildman–Crippen LogP) is 2.13. The highest BCUT2D eigenvalue weighted by atomic mass is 32.2. The lowest BCUT2D eigenvalue weighted by molar-refractivity contribution is -0.387. The van der Waals surface area contributed by atoms with Gasteiger partial charge in [-0.15, -0.1) is 0 Å². The molecule has 2 N–H and O–H groups in total. The van der Waals surface area contributed by atoms with Crippen molar-refractivity contribution in [3.63, 3.8) is 0 Å². The highest BCUT2D eigenvalue weighted by molar-refractivity contribution is 7.99. The van der Waals surface area contributed by atoms with Crippen LogP contribution in [0.4, 0.5) is 17.1 Å². The molecular formula is C23H26N8O7S2. The van der Waals surface area contributed by atoms with Gasteiger partial charge in [0.2, 0.25) is 10.0 Å². The Morgan fingerprint density at radius 1 is 1.12 bits per heavy atom. The number of hydrogen-bond acceptors (Lipinski definition) is 12. The van der Waals surface area contributed by atoms with Crippen LogP contribution in [0.1, 0.15) is 5.56 Å². The van der Waals surface area contributed by atoms with E-state index in [1.54, 1.807) is 36.1 Å². The normalized spacial score (nSPS) is 14.9. The molecule has 1 aliphatic heterocycles. The van der Waals surface area contributed by atoms with Crippen molar-refractivity contribution in [3.05, 3.63) is 74.6 Å². The Hall–Kier alpha value is -3.90. The zero-order valence-corrected chi connectivity index (χ0v) is 22.9. The number of hydrazone groups is 1. The molecule has 0 unspecified atom stereocenters. The molecule has 1 saturated heterocycles. The summed E-state index contributed by atoms with van der Waals surface area (Å²) in [5.74, 6) is 0. The van der Waals surface area contributed by atoms with E-state index in [1.165, 1.54) is 22.7 Å². The number of aromatic nitrogens is 2. The standard InChI is InChI=1S/C23H26N8O7S2/c1-27-7-6-24-23(27)39-21-5-2-17(14-20(21)31(35)36)16-25-26-19-4-3-18(30(33)34)15-22(19)40(37,38)29-10-8-28(9-11-29)12-13-32/h2-7,14-16,26,32H,8-13H2,1H3/b25-16-. The minimum absolute atomic E-state index is 0.0103. The number of rotatable bonds is 11. The van der Waals surface area contributed by atoms with Gasteiger partial charge in [-0.1, -0.05) is 6.07 Å². The molecule has 2 aromatic carbocycles. The number of hydrogen-bond donors (Lipinski definition) is 2. The average molecular weight is 591 g/mol. The fraction of sp³-hybridized carbons (Fsp3) is 0.304. The second kappa shape index (κ2) is 12.5. The van der Waals surface area contributed by atoms with Gasteiger partial charge in [-0.3, -0.25) is 30.6 Å². The molecule has 17 heteroatoms. The summed E-state index contributed by atoms with van der Waals surface area (Å²) in [7, 11) is -2.36. The minimum Gasteiger partial charge on any atom is -0.395 e. The summed E-state index contributed by atoms with van der Waals surface area (Å²) >= 11 is 1.14. The molecule has 0 radical (unpaired) electrons. The first-order chi connectivity index (χ1) is 19.1. The van der Waals surface area contributed by atoms with Crippen molar-refractivity contribution in [2.45, 2.75) is 14.9 Å². The molecule has 0 bridgehead atoms. The zero-order valence-electron chi connectivity index (χ0n) is 21.3. The van der Waals surface area contributed by atoms with Crippen molar-refractivity contribution < 1.29 is 23.4 Å². The molecule has 1 aromatic heterocycles. The van der Waals surface area contributed by atoms with E-state index >= 15 is 0 Å². The predicted molar refractivity (Wildman–Crippen MR) is 147 cm³/mol. The smallest absolute Gasteiger partial charge is 0.283 e. The van der Waals surface area contributed by atoms with Crippen molar-refractivity contribution in [3.8, 4) is 0 Å². The van der Waals surface area contributed by atoms with Crippen molar-refractivity contribution in [2.24, 2.45) is 12.1 Å². The summed E-state index contributed by atoms with van der Waals surface area (Å²) in [6.07, 6.45) is 4.60. The van der Waals surface area contributed by atoms with E-state index in [-0.39, 0.29) is 36.0 Å². The highest BCUT2D eigenvalue weighted by Crippen LogP contribution is 2.34. The van der Waals surface area contributed by atoms with E-state index in [2.05, 4.69) is 15.5 Å².